The summed E-state index contributed by atoms with van der Waals surface area (Å²) in [4.78, 5) is 43.5. The fourth-order valence-electron chi connectivity index (χ4n) is 4.80. The van der Waals surface area contributed by atoms with E-state index in [1.165, 1.54) is 33.9 Å². The number of carbonyl (C=O) groups excluding carboxylic acids is 1. The monoisotopic (exact) mass is 677 g/mol. The Morgan fingerprint density at radius 2 is 1.69 bits per heavy atom. The van der Waals surface area contributed by atoms with Crippen LogP contribution in [0.4, 0.5) is 5.82 Å². The molecule has 2 aliphatic heterocycles. The van der Waals surface area contributed by atoms with Gasteiger partial charge in [-0.2, -0.15) is 8.88 Å². The zero-order chi connectivity index (χ0) is 32.8. The number of anilines is 1. The molecular formula is C22H29N7O14P2. The molecule has 2 fully saturated rings. The number of phosphoric ester groups is 2. The van der Waals surface area contributed by atoms with Crippen molar-refractivity contribution in [3.8, 4) is 0 Å². The van der Waals surface area contributed by atoms with Crippen LogP contribution in [0, 0.1) is 6.92 Å². The summed E-state index contributed by atoms with van der Waals surface area (Å²) in [5, 5.41) is 43.9. The number of imidazole rings is 1. The van der Waals surface area contributed by atoms with E-state index in [2.05, 4.69) is 23.8 Å². The number of primary amides is 1. The van der Waals surface area contributed by atoms with Gasteiger partial charge < -0.3 is 51.2 Å². The molecule has 10 atom stereocenters. The minimum Gasteiger partial charge on any atom is -0.843 e. The lowest BCUT2D eigenvalue weighted by atomic mass is 10.1. The largest absolute Gasteiger partial charge is 0.843 e. The van der Waals surface area contributed by atoms with E-state index >= 15 is 0 Å². The number of aliphatic hydroxyl groups is 3. The van der Waals surface area contributed by atoms with E-state index in [4.69, 9.17) is 25.5 Å². The summed E-state index contributed by atoms with van der Waals surface area (Å²) in [7, 11) is -10.8. The second kappa shape index (κ2) is 12.6. The standard InChI is InChI=1S/C22H29N7O14P2/c1-9-2-10(19(24)34)4-28(3-9)21-16(32)14(30)11(41-21)5-39-44(35,36)43-45(37,38)40-6-12-15(31)17(33)22(42-12)29-8-27-13-18(23)25-7-26-20(13)29/h2-4,7-8,11-12,14-17,21-22,30-31,33H,5-6H2,1H3,(H2,24,34)(H,35,36)(H,37,38)(H2,23,25,26)/t11-,12-,14-,15-,16-,17-,21-,22-/m1/s1. The van der Waals surface area contributed by atoms with Gasteiger partial charge in [-0.3, -0.25) is 18.4 Å². The molecule has 1 amide bonds. The average molecular weight is 677 g/mol. The first-order chi connectivity index (χ1) is 21.1. The Labute approximate surface area is 252 Å². The number of aliphatic hydroxyl groups excluding tert-OH is 3. The number of carbonyl (C=O) groups is 1. The van der Waals surface area contributed by atoms with E-state index in [9.17, 15) is 44.1 Å². The number of hydrogen-bond acceptors (Lipinski definition) is 16. The van der Waals surface area contributed by atoms with E-state index in [0.717, 1.165) is 6.33 Å². The third kappa shape index (κ3) is 7.05. The second-order valence-electron chi connectivity index (χ2n) is 10.2. The summed E-state index contributed by atoms with van der Waals surface area (Å²) in [5.74, 6) is -0.730. The summed E-state index contributed by atoms with van der Waals surface area (Å²) in [6.07, 6.45) is -7.41. The predicted octanol–water partition coefficient (Wildman–Crippen LogP) is -3.34. The van der Waals surface area contributed by atoms with Gasteiger partial charge in [0.05, 0.1) is 25.6 Å². The quantitative estimate of drug-likeness (QED) is 0.0770. The van der Waals surface area contributed by atoms with Gasteiger partial charge in [-0.25, -0.2) is 24.1 Å². The molecule has 2 saturated heterocycles. The number of nitrogen functional groups attached to an aromatic ring is 1. The molecule has 5 rings (SSSR count). The molecule has 3 aromatic rings. The maximum atomic E-state index is 12.7. The molecule has 2 unspecified atom stereocenters. The van der Waals surface area contributed by atoms with E-state index in [1.807, 2.05) is 0 Å². The van der Waals surface area contributed by atoms with E-state index in [1.54, 1.807) is 6.92 Å². The summed E-state index contributed by atoms with van der Waals surface area (Å²) >= 11 is 0. The zero-order valence-corrected chi connectivity index (χ0v) is 24.9. The topological polar surface area (TPSA) is 321 Å². The van der Waals surface area contributed by atoms with Crippen molar-refractivity contribution in [3.63, 3.8) is 0 Å². The van der Waals surface area contributed by atoms with Crippen LogP contribution in [0.15, 0.2) is 31.1 Å². The van der Waals surface area contributed by atoms with Gasteiger partial charge in [0.25, 0.3) is 12.1 Å². The van der Waals surface area contributed by atoms with Gasteiger partial charge in [-0.05, 0) is 19.1 Å². The van der Waals surface area contributed by atoms with Crippen LogP contribution in [0.25, 0.3) is 11.2 Å². The Balaban J connectivity index is 1.17. The molecule has 2 aliphatic rings. The molecule has 0 aromatic carbocycles. The van der Waals surface area contributed by atoms with Gasteiger partial charge in [-0.15, -0.1) is 0 Å². The Morgan fingerprint density at radius 3 is 2.33 bits per heavy atom. The minimum absolute atomic E-state index is 0.0475. The minimum atomic E-state index is -5.40. The third-order valence-corrected chi connectivity index (χ3v) is 9.53. The molecule has 0 saturated carbocycles. The number of nitrogens with zero attached hydrogens (tertiary/aromatic N) is 5. The molecule has 21 nitrogen and oxygen atoms in total. The molecule has 0 bridgehead atoms. The molecule has 0 radical (unpaired) electrons. The molecule has 45 heavy (non-hydrogen) atoms. The van der Waals surface area contributed by atoms with Crippen LogP contribution in [0.2, 0.25) is 0 Å². The lowest BCUT2D eigenvalue weighted by molar-refractivity contribution is -0.782. The van der Waals surface area contributed by atoms with Crippen LogP contribution in [0.5, 0.6) is 0 Å². The van der Waals surface area contributed by atoms with Crippen molar-refractivity contribution in [1.82, 2.24) is 19.5 Å². The number of ether oxygens (including phenoxy) is 2. The average Bonchev–Trinajstić information content (AvgIpc) is 3.60. The van der Waals surface area contributed by atoms with Gasteiger partial charge in [-0.1, -0.05) is 0 Å². The number of aromatic nitrogens is 5. The van der Waals surface area contributed by atoms with Gasteiger partial charge in [0.1, 0.15) is 41.8 Å². The molecule has 5 heterocycles. The van der Waals surface area contributed by atoms with Crippen molar-refractivity contribution in [3.05, 3.63) is 42.2 Å². The second-order valence-corrected chi connectivity index (χ2v) is 13.2. The highest BCUT2D eigenvalue weighted by Gasteiger charge is 2.47. The molecule has 3 aromatic heterocycles. The van der Waals surface area contributed by atoms with Crippen LogP contribution < -0.4 is 21.1 Å². The first-order valence-corrected chi connectivity index (χ1v) is 16.0. The maximum Gasteiger partial charge on any atom is 0.481 e. The molecule has 23 heteroatoms. The van der Waals surface area contributed by atoms with Gasteiger partial charge in [0.15, 0.2) is 30.1 Å². The predicted molar refractivity (Wildman–Crippen MR) is 142 cm³/mol. The highest BCUT2D eigenvalue weighted by molar-refractivity contribution is 7.61. The van der Waals surface area contributed by atoms with Crippen molar-refractivity contribution >= 4 is 38.5 Å². The first-order valence-electron chi connectivity index (χ1n) is 13.0. The highest BCUT2D eigenvalue weighted by atomic mass is 31.3. The van der Waals surface area contributed by atoms with Crippen LogP contribution in [0.3, 0.4) is 0 Å². The van der Waals surface area contributed by atoms with Gasteiger partial charge in [0.2, 0.25) is 0 Å². The third-order valence-electron chi connectivity index (χ3n) is 6.92. The molecule has 9 N–H and O–H groups in total. The number of pyridine rings is 1. The number of phosphoric acid groups is 2. The van der Waals surface area contributed by atoms with Crippen LogP contribution in [0.1, 0.15) is 28.4 Å². The zero-order valence-electron chi connectivity index (χ0n) is 23.1. The Morgan fingerprint density at radius 1 is 1.04 bits per heavy atom. The fraction of sp³-hybridized carbons (Fsp3) is 0.500. The number of nitrogens with two attached hydrogens (primary N) is 2. The first kappa shape index (κ1) is 33.4. The summed E-state index contributed by atoms with van der Waals surface area (Å²) in [6, 6.07) is 1.47. The molecule has 0 aliphatic carbocycles. The smallest absolute Gasteiger partial charge is 0.481 e. The molecule has 0 spiro atoms. The highest BCUT2D eigenvalue weighted by Crippen LogP contribution is 2.60. The lowest BCUT2D eigenvalue weighted by Gasteiger charge is -2.22. The van der Waals surface area contributed by atoms with Gasteiger partial charge in [0, 0.05) is 5.56 Å². The Hall–Kier alpha value is -3.01. The Bertz CT molecular complexity index is 1680. The number of hydrogen-bond donors (Lipinski definition) is 7. The number of rotatable bonds is 11. The molecular weight excluding hydrogens is 648 g/mol. The van der Waals surface area contributed by atoms with Crippen molar-refractivity contribution in [2.45, 2.75) is 56.0 Å². The van der Waals surface area contributed by atoms with Crippen molar-refractivity contribution in [2.75, 3.05) is 18.9 Å². The van der Waals surface area contributed by atoms with Crippen molar-refractivity contribution < 1.29 is 71.5 Å². The summed E-state index contributed by atoms with van der Waals surface area (Å²) in [6.45, 7) is -0.224. The SMILES string of the molecule is Cc1cc(C(N)=O)c[n+]([C@@H]2O[C@H](COP(=O)(O)OP(=O)(O)OC[C@H]3O[C@@H](n4cnc5c(N)ncnc54)[C@H](O)[C@@H]3O)[C@@H](O)[C@H]2[O-])c1. The normalized spacial score (nSPS) is 31.2. The van der Waals surface area contributed by atoms with E-state index in [-0.39, 0.29) is 22.5 Å². The summed E-state index contributed by atoms with van der Waals surface area (Å²) in [5.41, 5.74) is 12.0. The van der Waals surface area contributed by atoms with E-state index in [0.29, 0.717) is 5.56 Å². The Kier molecular flexibility index (Phi) is 9.38. The van der Waals surface area contributed by atoms with Crippen molar-refractivity contribution in [2.24, 2.45) is 5.73 Å². The molecule has 246 valence electrons. The summed E-state index contributed by atoms with van der Waals surface area (Å²) < 4.78 is 52.0. The maximum absolute atomic E-state index is 12.7. The van der Waals surface area contributed by atoms with E-state index < -0.39 is 83.8 Å². The van der Waals surface area contributed by atoms with Gasteiger partial charge >= 0.3 is 15.6 Å². The van der Waals surface area contributed by atoms with Crippen LogP contribution in [-0.2, 0) is 32.0 Å². The fourth-order valence-corrected chi connectivity index (χ4v) is 6.89. The number of fused-ring (bicyclic) bond motifs is 1. The van der Waals surface area contributed by atoms with Crippen molar-refractivity contribution in [1.29, 1.82) is 0 Å². The number of amides is 1. The number of aryl methyl sites for hydroxylation is 1. The van der Waals surface area contributed by atoms with Crippen LogP contribution in [-0.4, -0.2) is 100 Å². The lowest BCUT2D eigenvalue weighted by Crippen LogP contribution is -2.52. The van der Waals surface area contributed by atoms with Crippen LogP contribution >= 0.6 is 15.6 Å².